The molecule has 3 aromatic rings. The molecule has 0 aliphatic carbocycles. The standard InChI is InChI=1S/C25H28N2O5S/c1-4-27(5-2)33(30,31)21-14-13-18(3)23(16-21)26-24(28)17-32-25(29)15-20-11-8-10-19-9-6-7-12-22(19)20/h6-14,16H,4-5,15,17H2,1-3H3,(H,26,28). The molecule has 3 rings (SSSR count). The van der Waals surface area contributed by atoms with Crippen molar-refractivity contribution in [3.63, 3.8) is 0 Å². The summed E-state index contributed by atoms with van der Waals surface area (Å²) < 4.78 is 32.0. The number of ether oxygens (including phenoxy) is 1. The monoisotopic (exact) mass is 468 g/mol. The van der Waals surface area contributed by atoms with Crippen LogP contribution < -0.4 is 5.32 Å². The summed E-state index contributed by atoms with van der Waals surface area (Å²) >= 11 is 0. The van der Waals surface area contributed by atoms with Gasteiger partial charge in [-0.15, -0.1) is 0 Å². The fourth-order valence-electron chi connectivity index (χ4n) is 3.59. The molecule has 0 saturated carbocycles. The van der Waals surface area contributed by atoms with Gasteiger partial charge < -0.3 is 10.1 Å². The lowest BCUT2D eigenvalue weighted by Crippen LogP contribution is -2.30. The van der Waals surface area contributed by atoms with Crippen LogP contribution in [0.3, 0.4) is 0 Å². The average Bonchev–Trinajstić information content (AvgIpc) is 2.80. The molecular formula is C25H28N2O5S. The van der Waals surface area contributed by atoms with Gasteiger partial charge in [0.15, 0.2) is 6.61 Å². The molecule has 33 heavy (non-hydrogen) atoms. The molecule has 0 saturated heterocycles. The zero-order valence-electron chi connectivity index (χ0n) is 19.0. The Morgan fingerprint density at radius 2 is 1.67 bits per heavy atom. The zero-order chi connectivity index (χ0) is 24.0. The van der Waals surface area contributed by atoms with Gasteiger partial charge >= 0.3 is 5.97 Å². The molecule has 174 valence electrons. The SMILES string of the molecule is CCN(CC)S(=O)(=O)c1ccc(C)c(NC(=O)COC(=O)Cc2cccc3ccccc23)c1. The second-order valence-electron chi connectivity index (χ2n) is 7.59. The van der Waals surface area contributed by atoms with Gasteiger partial charge in [0.05, 0.1) is 11.3 Å². The third-order valence-corrected chi connectivity index (χ3v) is 7.45. The Hall–Kier alpha value is -3.23. The molecule has 0 unspecified atom stereocenters. The summed E-state index contributed by atoms with van der Waals surface area (Å²) in [6, 6.07) is 18.0. The molecule has 0 spiro atoms. The predicted molar refractivity (Wildman–Crippen MR) is 129 cm³/mol. The van der Waals surface area contributed by atoms with Gasteiger partial charge in [0.2, 0.25) is 10.0 Å². The molecule has 3 aromatic carbocycles. The number of rotatable bonds is 9. The number of sulfonamides is 1. The average molecular weight is 469 g/mol. The van der Waals surface area contributed by atoms with Gasteiger partial charge in [0, 0.05) is 18.8 Å². The minimum atomic E-state index is -3.66. The molecule has 7 nitrogen and oxygen atoms in total. The summed E-state index contributed by atoms with van der Waals surface area (Å²) in [6.07, 6.45) is 0.0469. The smallest absolute Gasteiger partial charge is 0.310 e. The highest BCUT2D eigenvalue weighted by Gasteiger charge is 2.22. The van der Waals surface area contributed by atoms with E-state index in [1.54, 1.807) is 26.8 Å². The van der Waals surface area contributed by atoms with Gasteiger partial charge in [-0.3, -0.25) is 9.59 Å². The molecule has 0 atom stereocenters. The van der Waals surface area contributed by atoms with E-state index in [1.807, 2.05) is 42.5 Å². The van der Waals surface area contributed by atoms with Crippen molar-refractivity contribution in [1.82, 2.24) is 4.31 Å². The molecule has 0 aliphatic rings. The Morgan fingerprint density at radius 3 is 2.39 bits per heavy atom. The van der Waals surface area contributed by atoms with Crippen LogP contribution in [0.5, 0.6) is 0 Å². The number of anilines is 1. The zero-order valence-corrected chi connectivity index (χ0v) is 19.8. The largest absolute Gasteiger partial charge is 0.455 e. The Labute approximate surface area is 194 Å². The van der Waals surface area contributed by atoms with Crippen molar-refractivity contribution in [3.05, 3.63) is 71.8 Å². The van der Waals surface area contributed by atoms with Crippen LogP contribution in [0.1, 0.15) is 25.0 Å². The molecule has 0 radical (unpaired) electrons. The van der Waals surface area contributed by atoms with Crippen molar-refractivity contribution in [2.75, 3.05) is 25.0 Å². The number of hydrogen-bond donors (Lipinski definition) is 1. The molecule has 8 heteroatoms. The highest BCUT2D eigenvalue weighted by Crippen LogP contribution is 2.23. The molecule has 1 N–H and O–H groups in total. The van der Waals surface area contributed by atoms with Crippen molar-refractivity contribution < 1.29 is 22.7 Å². The van der Waals surface area contributed by atoms with E-state index >= 15 is 0 Å². The van der Waals surface area contributed by atoms with Crippen molar-refractivity contribution in [2.24, 2.45) is 0 Å². The number of nitrogens with one attached hydrogen (secondary N) is 1. The minimum Gasteiger partial charge on any atom is -0.455 e. The van der Waals surface area contributed by atoms with Gasteiger partial charge in [0.25, 0.3) is 5.91 Å². The van der Waals surface area contributed by atoms with E-state index < -0.39 is 28.5 Å². The van der Waals surface area contributed by atoms with Gasteiger partial charge in [-0.05, 0) is 41.0 Å². The highest BCUT2D eigenvalue weighted by atomic mass is 32.2. The van der Waals surface area contributed by atoms with Crippen LogP contribution in [0.2, 0.25) is 0 Å². The van der Waals surface area contributed by atoms with E-state index in [1.165, 1.54) is 16.4 Å². The van der Waals surface area contributed by atoms with Crippen LogP contribution in [-0.2, 0) is 30.8 Å². The van der Waals surface area contributed by atoms with Crippen molar-refractivity contribution in [1.29, 1.82) is 0 Å². The van der Waals surface area contributed by atoms with Gasteiger partial charge in [-0.2, -0.15) is 4.31 Å². The second kappa shape index (κ2) is 10.6. The summed E-state index contributed by atoms with van der Waals surface area (Å²) in [6.45, 7) is 5.53. The first-order valence-corrected chi connectivity index (χ1v) is 12.2. The molecular weight excluding hydrogens is 440 g/mol. The van der Waals surface area contributed by atoms with E-state index in [9.17, 15) is 18.0 Å². The number of esters is 1. The number of fused-ring (bicyclic) bond motifs is 1. The quantitative estimate of drug-likeness (QED) is 0.481. The molecule has 1 amide bonds. The molecule has 0 aliphatic heterocycles. The predicted octanol–water partition coefficient (Wildman–Crippen LogP) is 3.90. The number of amides is 1. The molecule has 0 aromatic heterocycles. The fraction of sp³-hybridized carbons (Fsp3) is 0.280. The van der Waals surface area contributed by atoms with Crippen LogP contribution in [0.4, 0.5) is 5.69 Å². The summed E-state index contributed by atoms with van der Waals surface area (Å²) in [5.74, 6) is -1.06. The van der Waals surface area contributed by atoms with Crippen molar-refractivity contribution in [2.45, 2.75) is 32.1 Å². The van der Waals surface area contributed by atoms with Crippen LogP contribution >= 0.6 is 0 Å². The molecule has 0 bridgehead atoms. The Morgan fingerprint density at radius 1 is 0.970 bits per heavy atom. The number of nitrogens with zero attached hydrogens (tertiary/aromatic N) is 1. The van der Waals surface area contributed by atoms with Crippen LogP contribution in [0.15, 0.2) is 65.6 Å². The first-order chi connectivity index (χ1) is 15.8. The second-order valence-corrected chi connectivity index (χ2v) is 9.53. The first kappa shape index (κ1) is 24.4. The number of carbonyl (C=O) groups excluding carboxylic acids is 2. The lowest BCUT2D eigenvalue weighted by molar-refractivity contribution is -0.146. The Balaban J connectivity index is 1.64. The lowest BCUT2D eigenvalue weighted by atomic mass is 10.0. The van der Waals surface area contributed by atoms with Gasteiger partial charge in [-0.25, -0.2) is 8.42 Å². The third kappa shape index (κ3) is 5.77. The lowest BCUT2D eigenvalue weighted by Gasteiger charge is -2.19. The fourth-order valence-corrected chi connectivity index (χ4v) is 5.08. The maximum absolute atomic E-state index is 12.8. The maximum Gasteiger partial charge on any atom is 0.310 e. The highest BCUT2D eigenvalue weighted by molar-refractivity contribution is 7.89. The van der Waals surface area contributed by atoms with E-state index in [0.29, 0.717) is 24.3 Å². The van der Waals surface area contributed by atoms with E-state index in [4.69, 9.17) is 4.74 Å². The van der Waals surface area contributed by atoms with Gasteiger partial charge in [0.1, 0.15) is 0 Å². The number of hydrogen-bond acceptors (Lipinski definition) is 5. The first-order valence-electron chi connectivity index (χ1n) is 10.8. The molecule has 0 heterocycles. The summed E-state index contributed by atoms with van der Waals surface area (Å²) in [7, 11) is -3.66. The summed E-state index contributed by atoms with van der Waals surface area (Å²) in [4.78, 5) is 24.8. The molecule has 0 fully saturated rings. The van der Waals surface area contributed by atoms with Crippen molar-refractivity contribution >= 4 is 38.4 Å². The van der Waals surface area contributed by atoms with Crippen LogP contribution in [0, 0.1) is 6.92 Å². The van der Waals surface area contributed by atoms with Crippen LogP contribution in [0.25, 0.3) is 10.8 Å². The Bertz CT molecular complexity index is 1260. The van der Waals surface area contributed by atoms with E-state index in [0.717, 1.165) is 16.3 Å². The normalized spacial score (nSPS) is 11.5. The number of aryl methyl sites for hydroxylation is 1. The summed E-state index contributed by atoms with van der Waals surface area (Å²) in [5.41, 5.74) is 1.88. The summed E-state index contributed by atoms with van der Waals surface area (Å²) in [5, 5.41) is 4.63. The third-order valence-electron chi connectivity index (χ3n) is 5.41. The minimum absolute atomic E-state index is 0.0469. The number of benzene rings is 3. The van der Waals surface area contributed by atoms with Crippen LogP contribution in [-0.4, -0.2) is 44.3 Å². The van der Waals surface area contributed by atoms with Crippen molar-refractivity contribution in [3.8, 4) is 0 Å². The van der Waals surface area contributed by atoms with E-state index in [-0.39, 0.29) is 11.3 Å². The number of carbonyl (C=O) groups is 2. The topological polar surface area (TPSA) is 92.8 Å². The van der Waals surface area contributed by atoms with E-state index in [2.05, 4.69) is 5.32 Å². The Kier molecular flexibility index (Phi) is 7.84. The maximum atomic E-state index is 12.8. The van der Waals surface area contributed by atoms with Gasteiger partial charge in [-0.1, -0.05) is 62.4 Å².